The van der Waals surface area contributed by atoms with Gasteiger partial charge in [-0.15, -0.1) is 11.6 Å². The van der Waals surface area contributed by atoms with Gasteiger partial charge < -0.3 is 5.32 Å². The number of alkyl halides is 4. The molecule has 0 radical (unpaired) electrons. The predicted octanol–water partition coefficient (Wildman–Crippen LogP) is 4.23. The number of carbonyl (C=O) groups is 1. The largest absolute Gasteiger partial charge is 0.416 e. The van der Waals surface area contributed by atoms with Crippen LogP contribution in [0, 0.1) is 5.41 Å². The standard InChI is InChI=1S/C15H17ClF3NO/c16-9-14(7-1-2-8-14)10-20-13(21)11-3-5-12(6-4-11)15(17,18)19/h3-6H,1-2,7-10H2,(H,20,21). The van der Waals surface area contributed by atoms with Crippen molar-refractivity contribution in [3.63, 3.8) is 0 Å². The smallest absolute Gasteiger partial charge is 0.351 e. The first-order chi connectivity index (χ1) is 9.86. The van der Waals surface area contributed by atoms with E-state index in [1.807, 2.05) is 0 Å². The fourth-order valence-corrected chi connectivity index (χ4v) is 3.02. The molecule has 21 heavy (non-hydrogen) atoms. The Bertz CT molecular complexity index is 493. The summed E-state index contributed by atoms with van der Waals surface area (Å²) in [6, 6.07) is 4.23. The molecule has 0 spiro atoms. The first-order valence-corrected chi connectivity index (χ1v) is 7.41. The summed E-state index contributed by atoms with van der Waals surface area (Å²) in [5.41, 5.74) is -0.596. The third kappa shape index (κ3) is 3.90. The molecule has 116 valence electrons. The highest BCUT2D eigenvalue weighted by atomic mass is 35.5. The second kappa shape index (κ2) is 6.26. The number of benzene rings is 1. The molecule has 2 nitrogen and oxygen atoms in total. The summed E-state index contributed by atoms with van der Waals surface area (Å²) < 4.78 is 37.4. The molecule has 1 N–H and O–H groups in total. The topological polar surface area (TPSA) is 29.1 Å². The van der Waals surface area contributed by atoms with Crippen molar-refractivity contribution in [3.05, 3.63) is 35.4 Å². The van der Waals surface area contributed by atoms with E-state index in [1.54, 1.807) is 0 Å². The Kier molecular flexibility index (Phi) is 4.81. The number of rotatable bonds is 4. The third-order valence-electron chi connectivity index (χ3n) is 4.05. The van der Waals surface area contributed by atoms with Gasteiger partial charge in [0.25, 0.3) is 5.91 Å². The minimum atomic E-state index is -4.39. The van der Waals surface area contributed by atoms with Crippen LogP contribution in [0.2, 0.25) is 0 Å². The molecule has 1 amide bonds. The van der Waals surface area contributed by atoms with Gasteiger partial charge in [-0.2, -0.15) is 13.2 Å². The molecular formula is C15H17ClF3NO. The van der Waals surface area contributed by atoms with Crippen LogP contribution >= 0.6 is 11.6 Å². The van der Waals surface area contributed by atoms with Gasteiger partial charge in [0, 0.05) is 23.4 Å². The summed E-state index contributed by atoms with van der Waals surface area (Å²) in [6.07, 6.45) is -0.235. The van der Waals surface area contributed by atoms with Gasteiger partial charge in [0.1, 0.15) is 0 Å². The molecule has 0 bridgehead atoms. The Morgan fingerprint density at radius 2 is 1.76 bits per heavy atom. The van der Waals surface area contributed by atoms with Crippen molar-refractivity contribution in [2.24, 2.45) is 5.41 Å². The maximum absolute atomic E-state index is 12.5. The number of carbonyl (C=O) groups excluding carboxylic acids is 1. The molecule has 6 heteroatoms. The SMILES string of the molecule is O=C(NCC1(CCl)CCCC1)c1ccc(C(F)(F)F)cc1. The lowest BCUT2D eigenvalue weighted by molar-refractivity contribution is -0.137. The van der Waals surface area contributed by atoms with Gasteiger partial charge in [-0.05, 0) is 37.1 Å². The van der Waals surface area contributed by atoms with Crippen LogP contribution < -0.4 is 5.32 Å². The van der Waals surface area contributed by atoms with Crippen LogP contribution in [0.4, 0.5) is 13.2 Å². The molecule has 2 rings (SSSR count). The molecule has 0 unspecified atom stereocenters. The lowest BCUT2D eigenvalue weighted by Gasteiger charge is -2.26. The Labute approximate surface area is 126 Å². The Morgan fingerprint density at radius 1 is 1.19 bits per heavy atom. The maximum atomic E-state index is 12.5. The summed E-state index contributed by atoms with van der Waals surface area (Å²) in [5, 5.41) is 2.79. The minimum Gasteiger partial charge on any atom is -0.351 e. The first kappa shape index (κ1) is 16.1. The van der Waals surface area contributed by atoms with Crippen LogP contribution in [-0.4, -0.2) is 18.3 Å². The van der Waals surface area contributed by atoms with Gasteiger partial charge in [0.15, 0.2) is 0 Å². The average molecular weight is 320 g/mol. The van der Waals surface area contributed by atoms with Crippen LogP contribution in [0.25, 0.3) is 0 Å². The first-order valence-electron chi connectivity index (χ1n) is 6.88. The van der Waals surface area contributed by atoms with Crippen molar-refractivity contribution in [2.75, 3.05) is 12.4 Å². The van der Waals surface area contributed by atoms with E-state index in [1.165, 1.54) is 12.1 Å². The molecule has 1 saturated carbocycles. The Balaban J connectivity index is 1.97. The Morgan fingerprint density at radius 3 is 2.24 bits per heavy atom. The average Bonchev–Trinajstić information content (AvgIpc) is 2.93. The summed E-state index contributed by atoms with van der Waals surface area (Å²) in [7, 11) is 0. The summed E-state index contributed by atoms with van der Waals surface area (Å²) in [6.45, 7) is 0.469. The molecule has 1 fully saturated rings. The molecule has 1 aliphatic rings. The quantitative estimate of drug-likeness (QED) is 0.827. The minimum absolute atomic E-state index is 0.0663. The van der Waals surface area contributed by atoms with Crippen molar-refractivity contribution in [2.45, 2.75) is 31.9 Å². The van der Waals surface area contributed by atoms with Crippen LogP contribution in [0.5, 0.6) is 0 Å². The van der Waals surface area contributed by atoms with E-state index < -0.39 is 11.7 Å². The maximum Gasteiger partial charge on any atom is 0.416 e. The molecule has 1 aromatic rings. The fraction of sp³-hybridized carbons (Fsp3) is 0.533. The third-order valence-corrected chi connectivity index (χ3v) is 4.61. The zero-order valence-corrected chi connectivity index (χ0v) is 12.2. The molecule has 0 aromatic heterocycles. The summed E-state index contributed by atoms with van der Waals surface area (Å²) in [4.78, 5) is 12.0. The van der Waals surface area contributed by atoms with E-state index in [2.05, 4.69) is 5.32 Å². The number of hydrogen-bond acceptors (Lipinski definition) is 1. The van der Waals surface area contributed by atoms with Gasteiger partial charge in [0.05, 0.1) is 5.56 Å². The van der Waals surface area contributed by atoms with Crippen molar-refractivity contribution < 1.29 is 18.0 Å². The van der Waals surface area contributed by atoms with Gasteiger partial charge in [0.2, 0.25) is 0 Å². The number of hydrogen-bond donors (Lipinski definition) is 1. The second-order valence-corrected chi connectivity index (χ2v) is 5.87. The second-order valence-electron chi connectivity index (χ2n) is 5.60. The van der Waals surface area contributed by atoms with Crippen molar-refractivity contribution >= 4 is 17.5 Å². The highest BCUT2D eigenvalue weighted by molar-refractivity contribution is 6.18. The predicted molar refractivity (Wildman–Crippen MR) is 75.4 cm³/mol. The van der Waals surface area contributed by atoms with Crippen molar-refractivity contribution in [1.82, 2.24) is 5.32 Å². The highest BCUT2D eigenvalue weighted by Crippen LogP contribution is 2.38. The summed E-state index contributed by atoms with van der Waals surface area (Å²) in [5.74, 6) is 0.125. The van der Waals surface area contributed by atoms with Crippen LogP contribution in [-0.2, 0) is 6.18 Å². The van der Waals surface area contributed by atoms with E-state index in [4.69, 9.17) is 11.6 Å². The van der Waals surface area contributed by atoms with E-state index >= 15 is 0 Å². The van der Waals surface area contributed by atoms with Gasteiger partial charge in [-0.3, -0.25) is 4.79 Å². The molecule has 0 heterocycles. The molecule has 1 aromatic carbocycles. The van der Waals surface area contributed by atoms with Gasteiger partial charge in [-0.1, -0.05) is 12.8 Å². The molecular weight excluding hydrogens is 303 g/mol. The van der Waals surface area contributed by atoms with E-state index in [0.29, 0.717) is 12.4 Å². The van der Waals surface area contributed by atoms with Crippen LogP contribution in [0.1, 0.15) is 41.6 Å². The van der Waals surface area contributed by atoms with Crippen molar-refractivity contribution in [1.29, 1.82) is 0 Å². The normalized spacial score (nSPS) is 17.7. The van der Waals surface area contributed by atoms with Gasteiger partial charge >= 0.3 is 6.18 Å². The van der Waals surface area contributed by atoms with E-state index in [-0.39, 0.29) is 16.9 Å². The van der Waals surface area contributed by atoms with Crippen LogP contribution in [0.3, 0.4) is 0 Å². The zero-order chi connectivity index (χ0) is 15.5. The zero-order valence-electron chi connectivity index (χ0n) is 11.5. The van der Waals surface area contributed by atoms with E-state index in [0.717, 1.165) is 37.8 Å². The summed E-state index contributed by atoms with van der Waals surface area (Å²) >= 11 is 5.99. The fourth-order valence-electron chi connectivity index (χ4n) is 2.66. The Hall–Kier alpha value is -1.23. The number of amides is 1. The monoisotopic (exact) mass is 319 g/mol. The molecule has 0 saturated heterocycles. The molecule has 0 atom stereocenters. The van der Waals surface area contributed by atoms with Gasteiger partial charge in [-0.25, -0.2) is 0 Å². The highest BCUT2D eigenvalue weighted by Gasteiger charge is 2.33. The molecule has 1 aliphatic carbocycles. The van der Waals surface area contributed by atoms with E-state index in [9.17, 15) is 18.0 Å². The number of nitrogens with one attached hydrogen (secondary N) is 1. The van der Waals surface area contributed by atoms with Crippen molar-refractivity contribution in [3.8, 4) is 0 Å². The van der Waals surface area contributed by atoms with Crippen LogP contribution in [0.15, 0.2) is 24.3 Å². The number of halogens is 4. The molecule has 0 aliphatic heterocycles. The lowest BCUT2D eigenvalue weighted by atomic mass is 9.88. The lowest BCUT2D eigenvalue weighted by Crippen LogP contribution is -2.37.